The molecule has 1 aromatic heterocycles. The number of rotatable bonds is 2. The molecule has 1 aliphatic rings. The number of benzene rings is 1. The molecule has 2 aromatic rings. The number of nitrogens with two attached hydrogens (primary N) is 1. The molecule has 0 saturated heterocycles. The lowest BCUT2D eigenvalue weighted by molar-refractivity contribution is 0.462. The quantitative estimate of drug-likeness (QED) is 0.818. The number of nitrogen functional groups attached to an aromatic ring is 1. The van der Waals surface area contributed by atoms with Gasteiger partial charge in [-0.1, -0.05) is 18.2 Å². The first-order valence-electron chi connectivity index (χ1n) is 5.97. The Morgan fingerprint density at radius 1 is 1.00 bits per heavy atom. The van der Waals surface area contributed by atoms with Gasteiger partial charge in [0.1, 0.15) is 5.75 Å². The van der Waals surface area contributed by atoms with E-state index in [1.807, 2.05) is 6.07 Å². The van der Waals surface area contributed by atoms with Gasteiger partial charge in [-0.15, -0.1) is 0 Å². The Kier molecular flexibility index (Phi) is 2.73. The Morgan fingerprint density at radius 3 is 2.61 bits per heavy atom. The lowest BCUT2D eigenvalue weighted by atomic mass is 9.97. The molecule has 0 atom stereocenters. The fraction of sp³-hybridized carbons (Fsp3) is 0.133. The summed E-state index contributed by atoms with van der Waals surface area (Å²) in [5.74, 6) is 1.39. The van der Waals surface area contributed by atoms with Gasteiger partial charge in [-0.3, -0.25) is 0 Å². The molecule has 1 aromatic carbocycles. The second-order valence-electron chi connectivity index (χ2n) is 4.34. The topological polar surface area (TPSA) is 48.1 Å². The van der Waals surface area contributed by atoms with E-state index in [2.05, 4.69) is 29.3 Å². The number of ether oxygens (including phenoxy) is 1. The van der Waals surface area contributed by atoms with Gasteiger partial charge in [0.25, 0.3) is 0 Å². The molecule has 3 nitrogen and oxygen atoms in total. The van der Waals surface area contributed by atoms with E-state index in [9.17, 15) is 0 Å². The molecule has 1 aliphatic carbocycles. The largest absolute Gasteiger partial charge is 0.439 e. The molecule has 3 heteroatoms. The third-order valence-corrected chi connectivity index (χ3v) is 3.00. The van der Waals surface area contributed by atoms with Crippen LogP contribution in [-0.4, -0.2) is 4.98 Å². The lowest BCUT2D eigenvalue weighted by Gasteiger charge is -2.12. The van der Waals surface area contributed by atoms with Crippen LogP contribution < -0.4 is 10.5 Å². The van der Waals surface area contributed by atoms with Crippen LogP contribution in [0, 0.1) is 0 Å². The third kappa shape index (κ3) is 2.20. The Balaban J connectivity index is 1.83. The summed E-state index contributed by atoms with van der Waals surface area (Å²) in [4.78, 5) is 4.12. The highest BCUT2D eigenvalue weighted by Gasteiger charge is 2.07. The Bertz CT molecular complexity index is 588. The minimum atomic E-state index is 0.565. The average molecular weight is 238 g/mol. The Hall–Kier alpha value is -2.29. The summed E-state index contributed by atoms with van der Waals surface area (Å²) in [5, 5.41) is 0. The van der Waals surface area contributed by atoms with Crippen molar-refractivity contribution in [2.45, 2.75) is 12.8 Å². The smallest absolute Gasteiger partial charge is 0.219 e. The fourth-order valence-corrected chi connectivity index (χ4v) is 2.05. The highest BCUT2D eigenvalue weighted by atomic mass is 16.5. The maximum absolute atomic E-state index is 5.71. The summed E-state index contributed by atoms with van der Waals surface area (Å²) in [7, 11) is 0. The molecule has 0 fully saturated rings. The molecule has 0 aliphatic heterocycles. The molecule has 18 heavy (non-hydrogen) atoms. The minimum Gasteiger partial charge on any atom is -0.439 e. The van der Waals surface area contributed by atoms with E-state index in [0.717, 1.165) is 18.6 Å². The SMILES string of the molecule is Nc1ccc(Oc2ccc3c(c2)CC=CC3)nc1. The monoisotopic (exact) mass is 238 g/mol. The fourth-order valence-electron chi connectivity index (χ4n) is 2.05. The predicted octanol–water partition coefficient (Wildman–Crippen LogP) is 3.11. The van der Waals surface area contributed by atoms with Crippen molar-refractivity contribution >= 4 is 5.69 Å². The van der Waals surface area contributed by atoms with E-state index in [1.54, 1.807) is 18.3 Å². The number of allylic oxidation sites excluding steroid dienone is 2. The van der Waals surface area contributed by atoms with E-state index < -0.39 is 0 Å². The van der Waals surface area contributed by atoms with Crippen LogP contribution in [0.1, 0.15) is 11.1 Å². The number of nitrogens with zero attached hydrogens (tertiary/aromatic N) is 1. The first-order valence-corrected chi connectivity index (χ1v) is 5.97. The van der Waals surface area contributed by atoms with Gasteiger partial charge >= 0.3 is 0 Å². The Morgan fingerprint density at radius 2 is 1.83 bits per heavy atom. The highest BCUT2D eigenvalue weighted by molar-refractivity contribution is 5.42. The summed E-state index contributed by atoms with van der Waals surface area (Å²) in [5.41, 5.74) is 8.92. The van der Waals surface area contributed by atoms with Crippen LogP contribution >= 0.6 is 0 Å². The molecule has 90 valence electrons. The van der Waals surface area contributed by atoms with Crippen molar-refractivity contribution in [1.29, 1.82) is 0 Å². The van der Waals surface area contributed by atoms with E-state index in [4.69, 9.17) is 10.5 Å². The first kappa shape index (κ1) is 10.8. The van der Waals surface area contributed by atoms with Crippen molar-refractivity contribution < 1.29 is 4.74 Å². The number of pyridine rings is 1. The molecule has 0 unspecified atom stereocenters. The minimum absolute atomic E-state index is 0.565. The third-order valence-electron chi connectivity index (χ3n) is 3.00. The summed E-state index contributed by atoms with van der Waals surface area (Å²) in [6.45, 7) is 0. The zero-order chi connectivity index (χ0) is 12.4. The highest BCUT2D eigenvalue weighted by Crippen LogP contribution is 2.25. The van der Waals surface area contributed by atoms with Crippen molar-refractivity contribution in [3.05, 3.63) is 59.8 Å². The average Bonchev–Trinajstić information content (AvgIpc) is 2.41. The van der Waals surface area contributed by atoms with E-state index in [-0.39, 0.29) is 0 Å². The molecule has 2 N–H and O–H groups in total. The molecule has 3 rings (SSSR count). The number of hydrogen-bond donors (Lipinski definition) is 1. The maximum Gasteiger partial charge on any atom is 0.219 e. The zero-order valence-electron chi connectivity index (χ0n) is 9.97. The van der Waals surface area contributed by atoms with Gasteiger partial charge in [0.05, 0.1) is 11.9 Å². The number of aromatic nitrogens is 1. The molecule has 0 amide bonds. The van der Waals surface area contributed by atoms with Gasteiger partial charge < -0.3 is 10.5 Å². The van der Waals surface area contributed by atoms with Crippen LogP contribution in [0.15, 0.2) is 48.7 Å². The van der Waals surface area contributed by atoms with Crippen molar-refractivity contribution in [1.82, 2.24) is 4.98 Å². The number of hydrogen-bond acceptors (Lipinski definition) is 3. The Labute approximate surface area is 106 Å². The molecule has 0 spiro atoms. The summed E-state index contributed by atoms with van der Waals surface area (Å²) in [6.07, 6.45) is 7.96. The molecular weight excluding hydrogens is 224 g/mol. The first-order chi connectivity index (χ1) is 8.81. The molecule has 1 heterocycles. The van der Waals surface area contributed by atoms with Crippen LogP contribution in [0.25, 0.3) is 0 Å². The molecule has 0 bridgehead atoms. The second kappa shape index (κ2) is 4.53. The van der Waals surface area contributed by atoms with Gasteiger partial charge in [0.15, 0.2) is 0 Å². The summed E-state index contributed by atoms with van der Waals surface area (Å²) in [6, 6.07) is 9.73. The summed E-state index contributed by atoms with van der Waals surface area (Å²) >= 11 is 0. The van der Waals surface area contributed by atoms with Gasteiger partial charge in [-0.05, 0) is 42.2 Å². The summed E-state index contributed by atoms with van der Waals surface area (Å²) < 4.78 is 5.71. The van der Waals surface area contributed by atoms with Crippen molar-refractivity contribution in [2.24, 2.45) is 0 Å². The van der Waals surface area contributed by atoms with Gasteiger partial charge in [0, 0.05) is 6.07 Å². The van der Waals surface area contributed by atoms with Crippen molar-refractivity contribution in [3.63, 3.8) is 0 Å². The number of anilines is 1. The van der Waals surface area contributed by atoms with Crippen LogP contribution in [-0.2, 0) is 12.8 Å². The van der Waals surface area contributed by atoms with E-state index in [0.29, 0.717) is 11.6 Å². The van der Waals surface area contributed by atoms with Gasteiger partial charge in [-0.25, -0.2) is 4.98 Å². The van der Waals surface area contributed by atoms with E-state index in [1.165, 1.54) is 11.1 Å². The normalized spacial score (nSPS) is 13.1. The zero-order valence-corrected chi connectivity index (χ0v) is 9.97. The van der Waals surface area contributed by atoms with Crippen molar-refractivity contribution in [3.8, 4) is 11.6 Å². The van der Waals surface area contributed by atoms with Crippen LogP contribution in [0.3, 0.4) is 0 Å². The number of fused-ring (bicyclic) bond motifs is 1. The molecular formula is C15H14N2O. The maximum atomic E-state index is 5.71. The van der Waals surface area contributed by atoms with Crippen molar-refractivity contribution in [2.75, 3.05) is 5.73 Å². The van der Waals surface area contributed by atoms with Crippen LogP contribution in [0.4, 0.5) is 5.69 Å². The molecule has 0 radical (unpaired) electrons. The van der Waals surface area contributed by atoms with E-state index >= 15 is 0 Å². The molecule has 0 saturated carbocycles. The second-order valence-corrected chi connectivity index (χ2v) is 4.34. The van der Waals surface area contributed by atoms with Crippen LogP contribution in [0.2, 0.25) is 0 Å². The predicted molar refractivity (Wildman–Crippen MR) is 71.7 cm³/mol. The van der Waals surface area contributed by atoms with Gasteiger partial charge in [0.2, 0.25) is 5.88 Å². The van der Waals surface area contributed by atoms with Gasteiger partial charge in [-0.2, -0.15) is 0 Å². The standard InChI is InChI=1S/C15H14N2O/c16-13-6-8-15(17-10-13)18-14-7-5-11-3-1-2-4-12(11)9-14/h1-2,5-10H,3-4,16H2. The lowest BCUT2D eigenvalue weighted by Crippen LogP contribution is -1.98. The van der Waals surface area contributed by atoms with Crippen LogP contribution in [0.5, 0.6) is 11.6 Å².